The maximum atomic E-state index is 12.3. The minimum absolute atomic E-state index is 0. The zero-order valence-electron chi connectivity index (χ0n) is 12.0. The zero-order chi connectivity index (χ0) is 13.7. The first-order valence-corrected chi connectivity index (χ1v) is 6.84. The Morgan fingerprint density at radius 2 is 2.10 bits per heavy atom. The van der Waals surface area contributed by atoms with E-state index in [1.165, 1.54) is 0 Å². The van der Waals surface area contributed by atoms with Crippen LogP contribution in [-0.2, 0) is 9.53 Å². The molecule has 0 bridgehead atoms. The molecule has 4 nitrogen and oxygen atoms in total. The summed E-state index contributed by atoms with van der Waals surface area (Å²) in [6, 6.07) is 10.1. The SMILES string of the molecule is COC(C(=O)NC1CCCNC1C)c1ccccc1.Cl. The second-order valence-electron chi connectivity index (χ2n) is 5.03. The summed E-state index contributed by atoms with van der Waals surface area (Å²) >= 11 is 0. The van der Waals surface area contributed by atoms with Crippen LogP contribution in [0.4, 0.5) is 0 Å². The van der Waals surface area contributed by atoms with Crippen molar-refractivity contribution in [3.63, 3.8) is 0 Å². The van der Waals surface area contributed by atoms with Gasteiger partial charge in [-0.3, -0.25) is 4.79 Å². The first-order chi connectivity index (χ1) is 9.22. The van der Waals surface area contributed by atoms with Crippen molar-refractivity contribution in [3.8, 4) is 0 Å². The molecular weight excluding hydrogens is 276 g/mol. The van der Waals surface area contributed by atoms with Crippen molar-refractivity contribution < 1.29 is 9.53 Å². The fourth-order valence-electron chi connectivity index (χ4n) is 2.52. The molecule has 1 heterocycles. The summed E-state index contributed by atoms with van der Waals surface area (Å²) in [5.74, 6) is -0.0609. The van der Waals surface area contributed by atoms with Gasteiger partial charge in [-0.25, -0.2) is 0 Å². The van der Waals surface area contributed by atoms with Crippen LogP contribution in [-0.4, -0.2) is 31.6 Å². The normalized spacial score (nSPS) is 23.5. The van der Waals surface area contributed by atoms with E-state index in [1.54, 1.807) is 7.11 Å². The van der Waals surface area contributed by atoms with Crippen LogP contribution in [0.15, 0.2) is 30.3 Å². The highest BCUT2D eigenvalue weighted by Crippen LogP contribution is 2.17. The third kappa shape index (κ3) is 4.20. The summed E-state index contributed by atoms with van der Waals surface area (Å²) in [6.45, 7) is 3.13. The summed E-state index contributed by atoms with van der Waals surface area (Å²) in [5.41, 5.74) is 0.888. The van der Waals surface area contributed by atoms with Gasteiger partial charge in [-0.2, -0.15) is 0 Å². The molecule has 0 spiro atoms. The van der Waals surface area contributed by atoms with Gasteiger partial charge >= 0.3 is 0 Å². The van der Waals surface area contributed by atoms with E-state index >= 15 is 0 Å². The van der Waals surface area contributed by atoms with Crippen LogP contribution in [0.25, 0.3) is 0 Å². The monoisotopic (exact) mass is 298 g/mol. The van der Waals surface area contributed by atoms with Crippen molar-refractivity contribution in [2.75, 3.05) is 13.7 Å². The molecule has 0 saturated carbocycles. The third-order valence-corrected chi connectivity index (χ3v) is 3.67. The predicted molar refractivity (Wildman–Crippen MR) is 82.1 cm³/mol. The van der Waals surface area contributed by atoms with Crippen molar-refractivity contribution in [3.05, 3.63) is 35.9 Å². The number of benzene rings is 1. The molecule has 2 rings (SSSR count). The number of hydrogen-bond donors (Lipinski definition) is 2. The van der Waals surface area contributed by atoms with Crippen molar-refractivity contribution in [1.82, 2.24) is 10.6 Å². The molecule has 112 valence electrons. The highest BCUT2D eigenvalue weighted by molar-refractivity contribution is 5.85. The van der Waals surface area contributed by atoms with E-state index in [1.807, 2.05) is 30.3 Å². The van der Waals surface area contributed by atoms with Gasteiger partial charge in [0.25, 0.3) is 5.91 Å². The molecular formula is C15H23ClN2O2. The van der Waals surface area contributed by atoms with Crippen molar-refractivity contribution in [2.24, 2.45) is 0 Å². The van der Waals surface area contributed by atoms with E-state index in [0.717, 1.165) is 24.9 Å². The van der Waals surface area contributed by atoms with E-state index in [2.05, 4.69) is 17.6 Å². The lowest BCUT2D eigenvalue weighted by Crippen LogP contribution is -2.52. The molecule has 1 aliphatic heterocycles. The molecule has 1 saturated heterocycles. The van der Waals surface area contributed by atoms with E-state index in [-0.39, 0.29) is 24.4 Å². The third-order valence-electron chi connectivity index (χ3n) is 3.67. The molecule has 1 aliphatic rings. The molecule has 3 atom stereocenters. The smallest absolute Gasteiger partial charge is 0.254 e. The molecule has 1 amide bonds. The van der Waals surface area contributed by atoms with E-state index in [9.17, 15) is 4.79 Å². The Morgan fingerprint density at radius 3 is 2.70 bits per heavy atom. The van der Waals surface area contributed by atoms with Crippen molar-refractivity contribution in [1.29, 1.82) is 0 Å². The van der Waals surface area contributed by atoms with Gasteiger partial charge in [-0.05, 0) is 31.9 Å². The summed E-state index contributed by atoms with van der Waals surface area (Å²) in [7, 11) is 1.57. The minimum atomic E-state index is -0.532. The lowest BCUT2D eigenvalue weighted by Gasteiger charge is -2.31. The van der Waals surface area contributed by atoms with E-state index in [0.29, 0.717) is 6.04 Å². The number of carbonyl (C=O) groups is 1. The fourth-order valence-corrected chi connectivity index (χ4v) is 2.52. The highest BCUT2D eigenvalue weighted by atomic mass is 35.5. The number of halogens is 1. The van der Waals surface area contributed by atoms with Crippen molar-refractivity contribution in [2.45, 2.75) is 38.0 Å². The Labute approximate surface area is 126 Å². The number of ether oxygens (including phenoxy) is 1. The number of methoxy groups -OCH3 is 1. The first-order valence-electron chi connectivity index (χ1n) is 6.84. The van der Waals surface area contributed by atoms with Crippen LogP contribution in [0, 0.1) is 0 Å². The number of carbonyl (C=O) groups excluding carboxylic acids is 1. The average molecular weight is 299 g/mol. The van der Waals surface area contributed by atoms with Crippen LogP contribution in [0.5, 0.6) is 0 Å². The molecule has 3 unspecified atom stereocenters. The van der Waals surface area contributed by atoms with Crippen LogP contribution < -0.4 is 10.6 Å². The maximum Gasteiger partial charge on any atom is 0.254 e. The molecule has 1 aromatic carbocycles. The lowest BCUT2D eigenvalue weighted by molar-refractivity contribution is -0.132. The van der Waals surface area contributed by atoms with Gasteiger partial charge < -0.3 is 15.4 Å². The first kappa shape index (κ1) is 17.0. The second-order valence-corrected chi connectivity index (χ2v) is 5.03. The Bertz CT molecular complexity index is 414. The standard InChI is InChI=1S/C15H22N2O2.ClH/c1-11-13(9-6-10-16-11)17-15(18)14(19-2)12-7-4-3-5-8-12;/h3-5,7-8,11,13-14,16H,6,9-10H2,1-2H3,(H,17,18);1H. The van der Waals surface area contributed by atoms with Gasteiger partial charge in [-0.15, -0.1) is 12.4 Å². The Hall–Kier alpha value is -1.10. The molecule has 0 radical (unpaired) electrons. The van der Waals surface area contributed by atoms with Crippen LogP contribution in [0.3, 0.4) is 0 Å². The van der Waals surface area contributed by atoms with Crippen LogP contribution >= 0.6 is 12.4 Å². The van der Waals surface area contributed by atoms with Gasteiger partial charge in [0.15, 0.2) is 6.10 Å². The summed E-state index contributed by atoms with van der Waals surface area (Å²) in [5, 5.41) is 6.47. The van der Waals surface area contributed by atoms with E-state index < -0.39 is 6.10 Å². The number of rotatable bonds is 4. The topological polar surface area (TPSA) is 50.4 Å². The molecule has 0 aromatic heterocycles. The van der Waals surface area contributed by atoms with Gasteiger partial charge in [0.05, 0.1) is 0 Å². The molecule has 20 heavy (non-hydrogen) atoms. The lowest BCUT2D eigenvalue weighted by atomic mass is 9.99. The van der Waals surface area contributed by atoms with Gasteiger partial charge in [0.1, 0.15) is 0 Å². The molecule has 1 fully saturated rings. The maximum absolute atomic E-state index is 12.3. The van der Waals surface area contributed by atoms with Crippen LogP contribution in [0.1, 0.15) is 31.4 Å². The summed E-state index contributed by atoms with van der Waals surface area (Å²) in [6.07, 6.45) is 1.58. The Balaban J connectivity index is 0.00000200. The molecule has 5 heteroatoms. The number of amides is 1. The van der Waals surface area contributed by atoms with Gasteiger partial charge in [0, 0.05) is 19.2 Å². The van der Waals surface area contributed by atoms with Crippen LogP contribution in [0.2, 0.25) is 0 Å². The predicted octanol–water partition coefficient (Wildman–Crippen LogP) is 2.05. The fraction of sp³-hybridized carbons (Fsp3) is 0.533. The van der Waals surface area contributed by atoms with Crippen molar-refractivity contribution >= 4 is 18.3 Å². The van der Waals surface area contributed by atoms with E-state index in [4.69, 9.17) is 4.74 Å². The highest BCUT2D eigenvalue weighted by Gasteiger charge is 2.26. The number of piperidine rings is 1. The average Bonchev–Trinajstić information content (AvgIpc) is 2.43. The minimum Gasteiger partial charge on any atom is -0.367 e. The quantitative estimate of drug-likeness (QED) is 0.894. The second kappa shape index (κ2) is 8.25. The largest absolute Gasteiger partial charge is 0.367 e. The Morgan fingerprint density at radius 1 is 1.40 bits per heavy atom. The van der Waals surface area contributed by atoms with Gasteiger partial charge in [0.2, 0.25) is 0 Å². The molecule has 1 aromatic rings. The Kier molecular flexibility index (Phi) is 6.99. The number of hydrogen-bond acceptors (Lipinski definition) is 3. The van der Waals surface area contributed by atoms with Gasteiger partial charge in [-0.1, -0.05) is 30.3 Å². The number of nitrogens with one attached hydrogen (secondary N) is 2. The molecule has 0 aliphatic carbocycles. The summed E-state index contributed by atoms with van der Waals surface area (Å²) in [4.78, 5) is 12.3. The summed E-state index contributed by atoms with van der Waals surface area (Å²) < 4.78 is 5.34. The molecule has 2 N–H and O–H groups in total. The zero-order valence-corrected chi connectivity index (χ0v) is 12.8.